The van der Waals surface area contributed by atoms with Crippen LogP contribution in [0.2, 0.25) is 0 Å². The first-order chi connectivity index (χ1) is 8.94. The Labute approximate surface area is 119 Å². The molecule has 1 fully saturated rings. The van der Waals surface area contributed by atoms with Crippen LogP contribution in [-0.2, 0) is 11.0 Å². The molecule has 0 radical (unpaired) electrons. The number of hydrogen-bond acceptors (Lipinski definition) is 1. The average molecular weight is 279 g/mol. The van der Waals surface area contributed by atoms with Gasteiger partial charge in [-0.3, -0.25) is 5.14 Å². The van der Waals surface area contributed by atoms with Crippen LogP contribution >= 0.6 is 0 Å². The third kappa shape index (κ3) is 3.67. The van der Waals surface area contributed by atoms with E-state index in [4.69, 9.17) is 5.14 Å². The monoisotopic (exact) mass is 279 g/mol. The highest BCUT2D eigenvalue weighted by atomic mass is 32.2. The van der Waals surface area contributed by atoms with Crippen molar-refractivity contribution < 1.29 is 4.21 Å². The first kappa shape index (κ1) is 14.7. The van der Waals surface area contributed by atoms with Gasteiger partial charge in [-0.15, -0.1) is 0 Å². The Hall–Kier alpha value is -0.670. The summed E-state index contributed by atoms with van der Waals surface area (Å²) in [5, 5.41) is 5.60. The first-order valence-electron chi connectivity index (χ1n) is 7.20. The van der Waals surface area contributed by atoms with Crippen LogP contribution in [0.4, 0.5) is 0 Å². The van der Waals surface area contributed by atoms with Crippen LogP contribution in [0.15, 0.2) is 24.3 Å². The normalized spacial score (nSPS) is 19.2. The lowest BCUT2D eigenvalue weighted by atomic mass is 9.87. The van der Waals surface area contributed by atoms with E-state index < -0.39 is 11.0 Å². The van der Waals surface area contributed by atoms with Crippen molar-refractivity contribution in [3.05, 3.63) is 35.4 Å². The molecule has 1 unspecified atom stereocenters. The molecular weight excluding hydrogens is 254 g/mol. The second-order valence-electron chi connectivity index (χ2n) is 6.31. The summed E-state index contributed by atoms with van der Waals surface area (Å²) in [4.78, 5) is 0. The largest absolute Gasteiger partial charge is 0.251 e. The Morgan fingerprint density at radius 3 is 2.32 bits per heavy atom. The molecule has 2 atom stereocenters. The molecule has 0 saturated heterocycles. The minimum absolute atomic E-state index is 0.324. The van der Waals surface area contributed by atoms with E-state index in [-0.39, 0.29) is 4.75 Å². The lowest BCUT2D eigenvalue weighted by Crippen LogP contribution is -2.33. The summed E-state index contributed by atoms with van der Waals surface area (Å²) in [6, 6.07) is 9.03. The Balaban J connectivity index is 2.10. The highest BCUT2D eigenvalue weighted by Gasteiger charge is 2.28. The van der Waals surface area contributed by atoms with Gasteiger partial charge < -0.3 is 0 Å². The molecule has 0 aliphatic heterocycles. The molecule has 0 aromatic heterocycles. The molecule has 2 N–H and O–H groups in total. The Morgan fingerprint density at radius 1 is 1.32 bits per heavy atom. The van der Waals surface area contributed by atoms with Gasteiger partial charge >= 0.3 is 0 Å². The lowest BCUT2D eigenvalue weighted by molar-refractivity contribution is 0.507. The van der Waals surface area contributed by atoms with E-state index in [1.807, 2.05) is 13.8 Å². The Morgan fingerprint density at radius 2 is 1.89 bits per heavy atom. The minimum atomic E-state index is -1.27. The zero-order valence-electron chi connectivity index (χ0n) is 12.2. The van der Waals surface area contributed by atoms with Gasteiger partial charge in [-0.1, -0.05) is 31.2 Å². The SMILES string of the molecule is CC[C@@H](CC(C)(C)S(N)=O)c1ccc(C2CC2)cc1. The molecule has 0 amide bonds. The van der Waals surface area contributed by atoms with Gasteiger partial charge in [-0.2, -0.15) is 0 Å². The molecule has 2 nitrogen and oxygen atoms in total. The minimum Gasteiger partial charge on any atom is -0.251 e. The number of benzene rings is 1. The molecule has 1 aromatic rings. The zero-order valence-corrected chi connectivity index (χ0v) is 13.0. The van der Waals surface area contributed by atoms with Crippen LogP contribution in [0.1, 0.15) is 69.4 Å². The van der Waals surface area contributed by atoms with Crippen molar-refractivity contribution in [2.45, 2.75) is 63.0 Å². The average Bonchev–Trinajstić information content (AvgIpc) is 3.20. The molecule has 1 aliphatic carbocycles. The van der Waals surface area contributed by atoms with Crippen LogP contribution in [0.5, 0.6) is 0 Å². The molecular formula is C16H25NOS. The van der Waals surface area contributed by atoms with Crippen molar-refractivity contribution in [1.29, 1.82) is 0 Å². The molecule has 2 rings (SSSR count). The quantitative estimate of drug-likeness (QED) is 0.844. The second-order valence-corrected chi connectivity index (χ2v) is 8.01. The summed E-state index contributed by atoms with van der Waals surface area (Å²) in [5.74, 6) is 1.25. The standard InChI is InChI=1S/C16H25NOS/c1-4-12(11-16(2,3)19(17)18)13-5-7-14(8-6-13)15-9-10-15/h5-8,12,15H,4,9-11,17H2,1-3H3/t12-,19?/m0/s1. The Kier molecular flexibility index (Phi) is 4.46. The molecule has 106 valence electrons. The second kappa shape index (κ2) is 5.76. The van der Waals surface area contributed by atoms with E-state index in [9.17, 15) is 4.21 Å². The number of nitrogens with two attached hydrogens (primary N) is 1. The summed E-state index contributed by atoms with van der Waals surface area (Å²) in [5.41, 5.74) is 2.82. The van der Waals surface area contributed by atoms with Crippen molar-refractivity contribution in [1.82, 2.24) is 0 Å². The van der Waals surface area contributed by atoms with Gasteiger partial charge in [-0.05, 0) is 62.5 Å². The summed E-state index contributed by atoms with van der Waals surface area (Å²) in [6.07, 6.45) is 4.62. The fourth-order valence-corrected chi connectivity index (χ4v) is 3.00. The van der Waals surface area contributed by atoms with E-state index in [1.54, 1.807) is 0 Å². The van der Waals surface area contributed by atoms with E-state index >= 15 is 0 Å². The van der Waals surface area contributed by atoms with Crippen molar-refractivity contribution in [2.75, 3.05) is 0 Å². The van der Waals surface area contributed by atoms with Gasteiger partial charge in [0.1, 0.15) is 0 Å². The van der Waals surface area contributed by atoms with Crippen LogP contribution in [0.25, 0.3) is 0 Å². The first-order valence-corrected chi connectivity index (χ1v) is 8.41. The molecule has 19 heavy (non-hydrogen) atoms. The summed E-state index contributed by atoms with van der Waals surface area (Å²) in [7, 11) is -1.27. The van der Waals surface area contributed by atoms with E-state index in [1.165, 1.54) is 24.0 Å². The van der Waals surface area contributed by atoms with Crippen LogP contribution in [0, 0.1) is 0 Å². The van der Waals surface area contributed by atoms with Crippen molar-refractivity contribution >= 4 is 11.0 Å². The van der Waals surface area contributed by atoms with Gasteiger partial charge in [0.2, 0.25) is 0 Å². The van der Waals surface area contributed by atoms with Crippen molar-refractivity contribution in [2.24, 2.45) is 5.14 Å². The Bertz CT molecular complexity index is 448. The van der Waals surface area contributed by atoms with E-state index in [0.717, 1.165) is 18.8 Å². The van der Waals surface area contributed by atoms with Gasteiger partial charge in [-0.25, -0.2) is 4.21 Å². The smallest absolute Gasteiger partial charge is 0.0945 e. The molecule has 0 heterocycles. The summed E-state index contributed by atoms with van der Waals surface area (Å²) in [6.45, 7) is 6.17. The van der Waals surface area contributed by atoms with Crippen LogP contribution < -0.4 is 5.14 Å². The fraction of sp³-hybridized carbons (Fsp3) is 0.625. The third-order valence-electron chi connectivity index (χ3n) is 4.23. The van der Waals surface area contributed by atoms with Crippen LogP contribution in [0.3, 0.4) is 0 Å². The molecule has 0 spiro atoms. The van der Waals surface area contributed by atoms with Gasteiger partial charge in [0.05, 0.1) is 15.7 Å². The van der Waals surface area contributed by atoms with E-state index in [0.29, 0.717) is 5.92 Å². The topological polar surface area (TPSA) is 43.1 Å². The predicted molar refractivity (Wildman–Crippen MR) is 82.5 cm³/mol. The van der Waals surface area contributed by atoms with Crippen molar-refractivity contribution in [3.8, 4) is 0 Å². The van der Waals surface area contributed by atoms with Gasteiger partial charge in [0.15, 0.2) is 0 Å². The summed E-state index contributed by atoms with van der Waals surface area (Å²) < 4.78 is 11.3. The molecule has 0 bridgehead atoms. The van der Waals surface area contributed by atoms with E-state index in [2.05, 4.69) is 31.2 Å². The highest BCUT2D eigenvalue weighted by molar-refractivity contribution is 7.84. The zero-order chi connectivity index (χ0) is 14.0. The maximum Gasteiger partial charge on any atom is 0.0945 e. The molecule has 1 saturated carbocycles. The fourth-order valence-electron chi connectivity index (χ4n) is 2.63. The lowest BCUT2D eigenvalue weighted by Gasteiger charge is -2.27. The molecule has 1 aromatic carbocycles. The third-order valence-corrected chi connectivity index (χ3v) is 5.49. The summed E-state index contributed by atoms with van der Waals surface area (Å²) >= 11 is 0. The van der Waals surface area contributed by atoms with Crippen molar-refractivity contribution in [3.63, 3.8) is 0 Å². The number of rotatable bonds is 6. The predicted octanol–water partition coefficient (Wildman–Crippen LogP) is 3.85. The highest BCUT2D eigenvalue weighted by Crippen LogP contribution is 2.40. The maximum absolute atomic E-state index is 11.6. The van der Waals surface area contributed by atoms with Gasteiger partial charge in [0.25, 0.3) is 0 Å². The molecule has 1 aliphatic rings. The maximum atomic E-state index is 11.6. The van der Waals surface area contributed by atoms with Gasteiger partial charge in [0, 0.05) is 0 Å². The number of hydrogen-bond donors (Lipinski definition) is 1. The van der Waals surface area contributed by atoms with Crippen LogP contribution in [-0.4, -0.2) is 8.96 Å². The molecule has 3 heteroatoms.